The summed E-state index contributed by atoms with van der Waals surface area (Å²) in [6.07, 6.45) is 1.72. The first-order valence-corrected chi connectivity index (χ1v) is 10.2. The van der Waals surface area contributed by atoms with Gasteiger partial charge in [0.1, 0.15) is 5.82 Å². The largest absolute Gasteiger partial charge is 0.352 e. The van der Waals surface area contributed by atoms with Gasteiger partial charge < -0.3 is 4.90 Å². The molecule has 0 atom stereocenters. The van der Waals surface area contributed by atoms with Crippen LogP contribution in [0.15, 0.2) is 52.1 Å². The second kappa shape index (κ2) is 8.29. The average Bonchev–Trinajstić information content (AvgIpc) is 3.28. The lowest BCUT2D eigenvalue weighted by molar-refractivity contribution is 0.0781. The molecule has 1 amide bonds. The van der Waals surface area contributed by atoms with E-state index in [1.807, 2.05) is 19.9 Å². The number of aromatic nitrogens is 3. The number of hydrogen-bond donors (Lipinski definition) is 0. The fourth-order valence-corrected chi connectivity index (χ4v) is 3.70. The Kier molecular flexibility index (Phi) is 5.54. The van der Waals surface area contributed by atoms with Crippen molar-refractivity contribution in [2.24, 2.45) is 0 Å². The number of halogens is 1. The molecule has 7 nitrogen and oxygen atoms in total. The van der Waals surface area contributed by atoms with E-state index in [1.54, 1.807) is 23.1 Å². The molecule has 0 saturated carbocycles. The van der Waals surface area contributed by atoms with Crippen LogP contribution in [0.2, 0.25) is 0 Å². The van der Waals surface area contributed by atoms with Gasteiger partial charge in [-0.3, -0.25) is 14.2 Å². The van der Waals surface area contributed by atoms with E-state index in [4.69, 9.17) is 0 Å². The standard InChI is InChI=1S/C23H23FN4O3/c1-15-8-9-19(12-16(15)2)28-23(31)27(14-17-6-5-7-18(24)13-17)22(30)20(25-28)21(29)26-10-3-4-11-26/h5-9,12-13H,3-4,10-11,14H2,1-2H3. The van der Waals surface area contributed by atoms with Crippen molar-refractivity contribution >= 4 is 5.91 Å². The minimum atomic E-state index is -0.772. The van der Waals surface area contributed by atoms with Gasteiger partial charge in [-0.1, -0.05) is 18.2 Å². The fraction of sp³-hybridized carbons (Fsp3) is 0.304. The molecule has 1 saturated heterocycles. The number of rotatable bonds is 4. The molecule has 4 rings (SSSR count). The van der Waals surface area contributed by atoms with Crippen LogP contribution >= 0.6 is 0 Å². The number of hydrogen-bond acceptors (Lipinski definition) is 4. The van der Waals surface area contributed by atoms with E-state index in [1.165, 1.54) is 18.2 Å². The zero-order chi connectivity index (χ0) is 22.1. The van der Waals surface area contributed by atoms with Crippen LogP contribution in [-0.4, -0.2) is 38.2 Å². The van der Waals surface area contributed by atoms with Crippen LogP contribution in [0.1, 0.15) is 40.0 Å². The average molecular weight is 422 g/mol. The second-order valence-electron chi connectivity index (χ2n) is 7.83. The maximum atomic E-state index is 13.7. The summed E-state index contributed by atoms with van der Waals surface area (Å²) in [4.78, 5) is 40.9. The SMILES string of the molecule is Cc1ccc(-n2nc(C(=O)N3CCCC3)c(=O)n(Cc3cccc(F)c3)c2=O)cc1C. The number of likely N-dealkylation sites (tertiary alicyclic amines) is 1. The molecule has 0 spiro atoms. The molecule has 160 valence electrons. The summed E-state index contributed by atoms with van der Waals surface area (Å²) < 4.78 is 15.7. The number of carbonyl (C=O) groups excluding carboxylic acids is 1. The third-order valence-electron chi connectivity index (χ3n) is 5.62. The van der Waals surface area contributed by atoms with Crippen molar-refractivity contribution in [2.45, 2.75) is 33.2 Å². The Morgan fingerprint density at radius 1 is 1.03 bits per heavy atom. The van der Waals surface area contributed by atoms with Gasteiger partial charge in [-0.2, -0.15) is 9.78 Å². The van der Waals surface area contributed by atoms with Gasteiger partial charge in [-0.15, -0.1) is 0 Å². The Labute approximate surface area is 178 Å². The highest BCUT2D eigenvalue weighted by atomic mass is 19.1. The maximum absolute atomic E-state index is 13.7. The minimum absolute atomic E-state index is 0.164. The Morgan fingerprint density at radius 3 is 2.45 bits per heavy atom. The molecule has 1 aliphatic rings. The van der Waals surface area contributed by atoms with Gasteiger partial charge in [0.15, 0.2) is 0 Å². The van der Waals surface area contributed by atoms with Crippen molar-refractivity contribution in [3.05, 3.63) is 91.5 Å². The quantitative estimate of drug-likeness (QED) is 0.647. The highest BCUT2D eigenvalue weighted by Crippen LogP contribution is 2.13. The van der Waals surface area contributed by atoms with Crippen LogP contribution < -0.4 is 11.2 Å². The van der Waals surface area contributed by atoms with Gasteiger partial charge in [0.2, 0.25) is 5.69 Å². The molecule has 0 bridgehead atoms. The van der Waals surface area contributed by atoms with E-state index in [-0.39, 0.29) is 12.2 Å². The predicted octanol–water partition coefficient (Wildman–Crippen LogP) is 2.43. The predicted molar refractivity (Wildman–Crippen MR) is 114 cm³/mol. The highest BCUT2D eigenvalue weighted by Gasteiger charge is 2.26. The first-order chi connectivity index (χ1) is 14.8. The Morgan fingerprint density at radius 2 is 1.77 bits per heavy atom. The maximum Gasteiger partial charge on any atom is 0.352 e. The molecule has 0 unspecified atom stereocenters. The van der Waals surface area contributed by atoms with E-state index >= 15 is 0 Å². The summed E-state index contributed by atoms with van der Waals surface area (Å²) in [5.74, 6) is -0.962. The monoisotopic (exact) mass is 422 g/mol. The van der Waals surface area contributed by atoms with E-state index in [9.17, 15) is 18.8 Å². The smallest absolute Gasteiger partial charge is 0.337 e. The van der Waals surface area contributed by atoms with Crippen molar-refractivity contribution in [3.63, 3.8) is 0 Å². The van der Waals surface area contributed by atoms with Crippen LogP contribution in [-0.2, 0) is 6.54 Å². The van der Waals surface area contributed by atoms with Crippen LogP contribution in [0.3, 0.4) is 0 Å². The summed E-state index contributed by atoms with van der Waals surface area (Å²) in [6, 6.07) is 11.0. The molecule has 1 fully saturated rings. The molecule has 0 aliphatic carbocycles. The van der Waals surface area contributed by atoms with Gasteiger partial charge in [-0.25, -0.2) is 9.18 Å². The topological polar surface area (TPSA) is 77.2 Å². The van der Waals surface area contributed by atoms with Crippen molar-refractivity contribution in [3.8, 4) is 5.69 Å². The van der Waals surface area contributed by atoms with Crippen LogP contribution in [0.25, 0.3) is 5.69 Å². The zero-order valence-electron chi connectivity index (χ0n) is 17.5. The molecule has 0 radical (unpaired) electrons. The number of benzene rings is 2. The Balaban J connectivity index is 1.90. The van der Waals surface area contributed by atoms with Crippen LogP contribution in [0.5, 0.6) is 0 Å². The molecular weight excluding hydrogens is 399 g/mol. The van der Waals surface area contributed by atoms with E-state index in [0.29, 0.717) is 24.3 Å². The van der Waals surface area contributed by atoms with Gasteiger partial charge in [-0.05, 0) is 67.6 Å². The lowest BCUT2D eigenvalue weighted by Gasteiger charge is -2.17. The second-order valence-corrected chi connectivity index (χ2v) is 7.83. The summed E-state index contributed by atoms with van der Waals surface area (Å²) >= 11 is 0. The van der Waals surface area contributed by atoms with E-state index in [2.05, 4.69) is 5.10 Å². The van der Waals surface area contributed by atoms with Crippen LogP contribution in [0.4, 0.5) is 4.39 Å². The van der Waals surface area contributed by atoms with Gasteiger partial charge in [0.25, 0.3) is 11.5 Å². The molecule has 1 aromatic heterocycles. The third kappa shape index (κ3) is 4.05. The molecule has 31 heavy (non-hydrogen) atoms. The lowest BCUT2D eigenvalue weighted by Crippen LogP contribution is -2.46. The highest BCUT2D eigenvalue weighted by molar-refractivity contribution is 5.92. The Bertz CT molecular complexity index is 1270. The van der Waals surface area contributed by atoms with Crippen LogP contribution in [0, 0.1) is 19.7 Å². The molecule has 1 aliphatic heterocycles. The number of nitrogens with zero attached hydrogens (tertiary/aromatic N) is 4. The fourth-order valence-electron chi connectivity index (χ4n) is 3.70. The summed E-state index contributed by atoms with van der Waals surface area (Å²) in [6.45, 7) is 4.79. The Hall–Kier alpha value is -3.55. The normalized spacial score (nSPS) is 13.6. The van der Waals surface area contributed by atoms with Crippen molar-refractivity contribution in [2.75, 3.05) is 13.1 Å². The van der Waals surface area contributed by atoms with Crippen molar-refractivity contribution < 1.29 is 9.18 Å². The number of amides is 1. The summed E-state index contributed by atoms with van der Waals surface area (Å²) in [7, 11) is 0. The van der Waals surface area contributed by atoms with E-state index in [0.717, 1.165) is 33.2 Å². The van der Waals surface area contributed by atoms with Gasteiger partial charge in [0.05, 0.1) is 12.2 Å². The van der Waals surface area contributed by atoms with Gasteiger partial charge >= 0.3 is 5.69 Å². The van der Waals surface area contributed by atoms with Gasteiger partial charge in [0, 0.05) is 13.1 Å². The first kappa shape index (κ1) is 20.7. The number of aryl methyl sites for hydroxylation is 2. The summed E-state index contributed by atoms with van der Waals surface area (Å²) in [5, 5.41) is 4.18. The van der Waals surface area contributed by atoms with E-state index < -0.39 is 23.0 Å². The molecular formula is C23H23FN4O3. The zero-order valence-corrected chi connectivity index (χ0v) is 17.5. The molecule has 8 heteroatoms. The molecule has 2 heterocycles. The molecule has 0 N–H and O–H groups in total. The number of carbonyl (C=O) groups is 1. The first-order valence-electron chi connectivity index (χ1n) is 10.2. The third-order valence-corrected chi connectivity index (χ3v) is 5.62. The molecule has 3 aromatic rings. The van der Waals surface area contributed by atoms with Crippen molar-refractivity contribution in [1.29, 1.82) is 0 Å². The lowest BCUT2D eigenvalue weighted by atomic mass is 10.1. The van der Waals surface area contributed by atoms with Crippen molar-refractivity contribution in [1.82, 2.24) is 19.2 Å². The molecule has 2 aromatic carbocycles. The summed E-state index contributed by atoms with van der Waals surface area (Å²) in [5.41, 5.74) is 1.12. The minimum Gasteiger partial charge on any atom is -0.337 e.